The van der Waals surface area contributed by atoms with Crippen LogP contribution in [0.4, 0.5) is 4.39 Å². The van der Waals surface area contributed by atoms with Gasteiger partial charge in [0, 0.05) is 11.3 Å². The molecule has 2 atom stereocenters. The van der Waals surface area contributed by atoms with Gasteiger partial charge in [0.05, 0.1) is 0 Å². The first-order valence-electron chi connectivity index (χ1n) is 3.69. The van der Waals surface area contributed by atoms with Gasteiger partial charge in [-0.3, -0.25) is 4.79 Å². The van der Waals surface area contributed by atoms with Crippen LogP contribution in [0.3, 0.4) is 0 Å². The second-order valence-electron chi connectivity index (χ2n) is 3.67. The summed E-state index contributed by atoms with van der Waals surface area (Å²) in [7, 11) is 0. The van der Waals surface area contributed by atoms with Crippen molar-refractivity contribution in [3.8, 4) is 0 Å². The third-order valence-corrected chi connectivity index (χ3v) is 3.67. The van der Waals surface area contributed by atoms with E-state index in [9.17, 15) is 9.18 Å². The third kappa shape index (κ3) is 1.34. The SMILES string of the molecule is CC1(C)C(/C=C(/F)Cl)[C@]1(Cl)C(=O)O. The maximum Gasteiger partial charge on any atom is 0.325 e. The Balaban J connectivity index is 2.95. The molecule has 74 valence electrons. The van der Waals surface area contributed by atoms with Crippen molar-refractivity contribution in [3.63, 3.8) is 0 Å². The molecule has 0 saturated heterocycles. The van der Waals surface area contributed by atoms with Gasteiger partial charge in [-0.25, -0.2) is 0 Å². The van der Waals surface area contributed by atoms with Crippen molar-refractivity contribution in [1.29, 1.82) is 0 Å². The van der Waals surface area contributed by atoms with Crippen LogP contribution in [0.2, 0.25) is 0 Å². The van der Waals surface area contributed by atoms with Crippen LogP contribution in [0.1, 0.15) is 13.8 Å². The van der Waals surface area contributed by atoms with Gasteiger partial charge in [-0.1, -0.05) is 25.4 Å². The highest BCUT2D eigenvalue weighted by Gasteiger charge is 2.74. The summed E-state index contributed by atoms with van der Waals surface area (Å²) in [6.07, 6.45) is 1.04. The fourth-order valence-corrected chi connectivity index (χ4v) is 2.13. The molecule has 2 nitrogen and oxygen atoms in total. The number of hydrogen-bond acceptors (Lipinski definition) is 1. The van der Waals surface area contributed by atoms with E-state index in [-0.39, 0.29) is 0 Å². The van der Waals surface area contributed by atoms with Gasteiger partial charge in [-0.2, -0.15) is 4.39 Å². The molecular formula is C8H9Cl2FO2. The summed E-state index contributed by atoms with van der Waals surface area (Å²) in [6.45, 7) is 3.32. The number of allylic oxidation sites excluding steroid dienone is 1. The summed E-state index contributed by atoms with van der Waals surface area (Å²) < 4.78 is 12.3. The van der Waals surface area contributed by atoms with Gasteiger partial charge in [-0.15, -0.1) is 11.6 Å². The zero-order chi connectivity index (χ0) is 10.4. The summed E-state index contributed by atoms with van der Waals surface area (Å²) in [5.74, 6) is -1.70. The summed E-state index contributed by atoms with van der Waals surface area (Å²) in [6, 6.07) is 0. The summed E-state index contributed by atoms with van der Waals surface area (Å²) in [5, 5.41) is 7.89. The van der Waals surface area contributed by atoms with E-state index >= 15 is 0 Å². The molecule has 1 unspecified atom stereocenters. The normalized spacial score (nSPS) is 37.3. The zero-order valence-electron chi connectivity index (χ0n) is 7.14. The van der Waals surface area contributed by atoms with E-state index in [0.29, 0.717) is 0 Å². The van der Waals surface area contributed by atoms with Crippen molar-refractivity contribution in [2.75, 3.05) is 0 Å². The number of rotatable bonds is 2. The molecule has 0 spiro atoms. The van der Waals surface area contributed by atoms with Crippen LogP contribution in [-0.2, 0) is 4.79 Å². The number of hydrogen-bond donors (Lipinski definition) is 1. The predicted molar refractivity (Wildman–Crippen MR) is 48.5 cm³/mol. The number of aliphatic carboxylic acids is 1. The van der Waals surface area contributed by atoms with Crippen LogP contribution in [0, 0.1) is 11.3 Å². The van der Waals surface area contributed by atoms with Gasteiger partial charge in [0.15, 0.2) is 10.2 Å². The van der Waals surface area contributed by atoms with E-state index in [1.165, 1.54) is 0 Å². The molecule has 1 N–H and O–H groups in total. The topological polar surface area (TPSA) is 37.3 Å². The Labute approximate surface area is 85.3 Å². The van der Waals surface area contributed by atoms with E-state index in [2.05, 4.69) is 0 Å². The van der Waals surface area contributed by atoms with Crippen LogP contribution < -0.4 is 0 Å². The Hall–Kier alpha value is -0.280. The summed E-state index contributed by atoms with van der Waals surface area (Å²) >= 11 is 10.8. The van der Waals surface area contributed by atoms with Gasteiger partial charge < -0.3 is 5.11 Å². The molecular weight excluding hydrogens is 218 g/mol. The van der Waals surface area contributed by atoms with Crippen LogP contribution in [0.15, 0.2) is 11.4 Å². The average Bonchev–Trinajstić information content (AvgIpc) is 2.35. The van der Waals surface area contributed by atoms with Gasteiger partial charge >= 0.3 is 5.97 Å². The first-order chi connectivity index (χ1) is 5.74. The van der Waals surface area contributed by atoms with E-state index in [4.69, 9.17) is 28.3 Å². The van der Waals surface area contributed by atoms with Crippen molar-refractivity contribution < 1.29 is 14.3 Å². The molecule has 0 aliphatic heterocycles. The molecule has 0 aromatic rings. The highest BCUT2D eigenvalue weighted by molar-refractivity contribution is 6.38. The Kier molecular flexibility index (Phi) is 2.37. The number of carboxylic acids is 1. The minimum Gasteiger partial charge on any atom is -0.480 e. The molecule has 1 aliphatic rings. The predicted octanol–water partition coefficient (Wildman–Crippen LogP) is 2.75. The second-order valence-corrected chi connectivity index (χ2v) is 4.63. The Bertz CT molecular complexity index is 284. The van der Waals surface area contributed by atoms with Crippen molar-refractivity contribution in [1.82, 2.24) is 0 Å². The molecule has 0 radical (unpaired) electrons. The molecule has 13 heavy (non-hydrogen) atoms. The standard InChI is InChI=1S/C8H9Cl2FO2/c1-7(2)4(3-5(9)11)8(7,10)6(12)13/h3-4H,1-2H3,(H,12,13)/b5-3+/t4?,8-/m0/s1. The lowest BCUT2D eigenvalue weighted by Crippen LogP contribution is -2.21. The fraction of sp³-hybridized carbons (Fsp3) is 0.625. The van der Waals surface area contributed by atoms with Crippen molar-refractivity contribution >= 4 is 29.2 Å². The number of halogens is 3. The van der Waals surface area contributed by atoms with E-state index in [1.54, 1.807) is 13.8 Å². The van der Waals surface area contributed by atoms with Crippen molar-refractivity contribution in [2.45, 2.75) is 18.7 Å². The minimum atomic E-state index is -1.42. The van der Waals surface area contributed by atoms with Crippen LogP contribution in [-0.4, -0.2) is 16.0 Å². The highest BCUT2D eigenvalue weighted by atomic mass is 35.5. The average molecular weight is 227 g/mol. The molecule has 1 aliphatic carbocycles. The quantitative estimate of drug-likeness (QED) is 0.736. The molecule has 0 heterocycles. The van der Waals surface area contributed by atoms with Gasteiger partial charge in [0.25, 0.3) is 0 Å². The fourth-order valence-electron chi connectivity index (χ4n) is 1.61. The Morgan fingerprint density at radius 2 is 2.08 bits per heavy atom. The molecule has 0 bridgehead atoms. The Morgan fingerprint density at radius 3 is 2.31 bits per heavy atom. The first-order valence-corrected chi connectivity index (χ1v) is 4.45. The number of alkyl halides is 1. The lowest BCUT2D eigenvalue weighted by molar-refractivity contribution is -0.138. The molecule has 0 aromatic heterocycles. The van der Waals surface area contributed by atoms with Crippen LogP contribution in [0.25, 0.3) is 0 Å². The first kappa shape index (κ1) is 10.8. The van der Waals surface area contributed by atoms with Gasteiger partial charge in [0.1, 0.15) is 0 Å². The molecule has 5 heteroatoms. The van der Waals surface area contributed by atoms with E-state index in [1.807, 2.05) is 0 Å². The van der Waals surface area contributed by atoms with Crippen LogP contribution in [0.5, 0.6) is 0 Å². The lowest BCUT2D eigenvalue weighted by atomic mass is 10.1. The third-order valence-electron chi connectivity index (χ3n) is 2.66. The maximum atomic E-state index is 12.3. The monoisotopic (exact) mass is 226 g/mol. The molecule has 1 saturated carbocycles. The zero-order valence-corrected chi connectivity index (χ0v) is 8.66. The smallest absolute Gasteiger partial charge is 0.325 e. The van der Waals surface area contributed by atoms with Gasteiger partial charge in [-0.05, 0) is 6.08 Å². The van der Waals surface area contributed by atoms with E-state index in [0.717, 1.165) is 6.08 Å². The summed E-state index contributed by atoms with van der Waals surface area (Å²) in [4.78, 5) is 9.35. The van der Waals surface area contributed by atoms with E-state index < -0.39 is 27.5 Å². The summed E-state index contributed by atoms with van der Waals surface area (Å²) in [5.41, 5.74) is -0.660. The van der Waals surface area contributed by atoms with Crippen molar-refractivity contribution in [2.24, 2.45) is 11.3 Å². The van der Waals surface area contributed by atoms with Crippen LogP contribution >= 0.6 is 23.2 Å². The largest absolute Gasteiger partial charge is 0.480 e. The molecule has 1 rings (SSSR count). The lowest BCUT2D eigenvalue weighted by Gasteiger charge is -2.03. The highest BCUT2D eigenvalue weighted by Crippen LogP contribution is 2.67. The molecule has 0 aromatic carbocycles. The molecule has 0 amide bonds. The van der Waals surface area contributed by atoms with Gasteiger partial charge in [0.2, 0.25) is 0 Å². The van der Waals surface area contributed by atoms with Crippen molar-refractivity contribution in [3.05, 3.63) is 11.4 Å². The molecule has 1 fully saturated rings. The number of carboxylic acid groups (broad SMARTS) is 1. The second kappa shape index (κ2) is 2.85. The number of carbonyl (C=O) groups is 1. The maximum absolute atomic E-state index is 12.3. The minimum absolute atomic E-state index is 0.559. The Morgan fingerprint density at radius 1 is 1.62 bits per heavy atom.